The molecule has 0 radical (unpaired) electrons. The number of hydrogen-bond donors (Lipinski definition) is 3. The Kier molecular flexibility index (Phi) is 10.3. The SMILES string of the molecule is COC(=O)c1[nH]c2cc(Cl)cc3c2c1[C@H](CC(=O)Nc1ccc(CNC(=O)OC(C)(C)C)cc1O[C@@H](C)C(=O)N1CCOCC1)CC3. The third-order valence-corrected chi connectivity index (χ3v) is 8.32. The van der Waals surface area contributed by atoms with Gasteiger partial charge in [0.1, 0.15) is 17.0 Å². The second kappa shape index (κ2) is 14.2. The lowest BCUT2D eigenvalue weighted by Gasteiger charge is -2.29. The molecule has 3 aromatic rings. The van der Waals surface area contributed by atoms with Crippen molar-refractivity contribution in [1.82, 2.24) is 15.2 Å². The standard InChI is InChI=1S/C34H41ClN4O8/c1-19(31(41)39-10-12-45-13-11-39)46-26-14-20(18-36-33(43)47-34(2,3)4)6-9-24(26)37-27(40)16-22-8-7-21-15-23(35)17-25-28(21)29(22)30(38-25)32(42)44-5/h6,9,14-15,17,19,22,38H,7-8,10-13,16,18H2,1-5H3,(H,36,43)(H,37,40)/t19-,22-/m0/s1. The van der Waals surface area contributed by atoms with Crippen LogP contribution >= 0.6 is 11.6 Å². The normalized spacial score (nSPS) is 16.7. The van der Waals surface area contributed by atoms with Crippen molar-refractivity contribution in [2.75, 3.05) is 38.7 Å². The molecule has 1 aliphatic carbocycles. The minimum atomic E-state index is -0.852. The number of aromatic amines is 1. The van der Waals surface area contributed by atoms with Gasteiger partial charge in [-0.25, -0.2) is 9.59 Å². The van der Waals surface area contributed by atoms with Crippen molar-refractivity contribution in [2.24, 2.45) is 0 Å². The number of halogens is 1. The summed E-state index contributed by atoms with van der Waals surface area (Å²) < 4.78 is 21.9. The summed E-state index contributed by atoms with van der Waals surface area (Å²) >= 11 is 6.33. The quantitative estimate of drug-likeness (QED) is 0.260. The summed E-state index contributed by atoms with van der Waals surface area (Å²) in [5, 5.41) is 7.13. The van der Waals surface area contributed by atoms with Crippen LogP contribution in [-0.2, 0) is 36.8 Å². The van der Waals surface area contributed by atoms with E-state index in [9.17, 15) is 19.2 Å². The van der Waals surface area contributed by atoms with Crippen molar-refractivity contribution in [3.63, 3.8) is 0 Å². The Morgan fingerprint density at radius 2 is 1.87 bits per heavy atom. The van der Waals surface area contributed by atoms with Crippen LogP contribution in [0, 0.1) is 0 Å². The first-order chi connectivity index (χ1) is 22.3. The number of methoxy groups -OCH3 is 1. The summed E-state index contributed by atoms with van der Waals surface area (Å²) in [6.07, 6.45) is -0.0237. The first-order valence-electron chi connectivity index (χ1n) is 15.7. The predicted molar refractivity (Wildman–Crippen MR) is 176 cm³/mol. The number of esters is 1. The number of rotatable bonds is 9. The number of anilines is 1. The maximum Gasteiger partial charge on any atom is 0.407 e. The van der Waals surface area contributed by atoms with Crippen LogP contribution in [0.15, 0.2) is 30.3 Å². The molecule has 3 amide bonds. The fraction of sp³-hybridized carbons (Fsp3) is 0.471. The van der Waals surface area contributed by atoms with Gasteiger partial charge in [0, 0.05) is 42.0 Å². The van der Waals surface area contributed by atoms with Crippen molar-refractivity contribution < 1.29 is 38.1 Å². The fourth-order valence-corrected chi connectivity index (χ4v) is 6.27. The lowest BCUT2D eigenvalue weighted by Crippen LogP contribution is -2.46. The number of alkyl carbamates (subject to hydrolysis) is 1. The molecule has 13 heteroatoms. The molecule has 0 unspecified atom stereocenters. The van der Waals surface area contributed by atoms with Crippen LogP contribution in [0.4, 0.5) is 10.5 Å². The van der Waals surface area contributed by atoms with Gasteiger partial charge in [-0.15, -0.1) is 0 Å². The van der Waals surface area contributed by atoms with E-state index < -0.39 is 23.8 Å². The third-order valence-electron chi connectivity index (χ3n) is 8.10. The molecular formula is C34H41ClN4O8. The van der Waals surface area contributed by atoms with Crippen molar-refractivity contribution in [3.05, 3.63) is 57.7 Å². The van der Waals surface area contributed by atoms with Gasteiger partial charge in [-0.2, -0.15) is 0 Å². The zero-order valence-electron chi connectivity index (χ0n) is 27.3. The van der Waals surface area contributed by atoms with Crippen LogP contribution in [0.25, 0.3) is 10.9 Å². The van der Waals surface area contributed by atoms with Gasteiger partial charge in [0.15, 0.2) is 6.10 Å². The minimum Gasteiger partial charge on any atom is -0.479 e. The molecule has 1 aliphatic heterocycles. The van der Waals surface area contributed by atoms with Gasteiger partial charge in [0.25, 0.3) is 5.91 Å². The molecule has 2 atom stereocenters. The number of aromatic nitrogens is 1. The Hall–Kier alpha value is -4.29. The number of aryl methyl sites for hydroxylation is 1. The molecule has 1 fully saturated rings. The lowest BCUT2D eigenvalue weighted by molar-refractivity contribution is -0.142. The van der Waals surface area contributed by atoms with Gasteiger partial charge in [0.05, 0.1) is 26.0 Å². The molecular weight excluding hydrogens is 628 g/mol. The van der Waals surface area contributed by atoms with Gasteiger partial charge in [-0.3, -0.25) is 9.59 Å². The molecule has 252 valence electrons. The number of nitrogens with one attached hydrogen (secondary N) is 3. The zero-order chi connectivity index (χ0) is 33.9. The maximum absolute atomic E-state index is 13.6. The van der Waals surface area contributed by atoms with Crippen LogP contribution in [0.2, 0.25) is 5.02 Å². The second-order valence-electron chi connectivity index (χ2n) is 12.8. The number of H-pyrrole nitrogens is 1. The molecule has 0 spiro atoms. The zero-order valence-corrected chi connectivity index (χ0v) is 28.0. The lowest BCUT2D eigenvalue weighted by atomic mass is 9.81. The van der Waals surface area contributed by atoms with Gasteiger partial charge in [-0.05, 0) is 87.4 Å². The Morgan fingerprint density at radius 3 is 2.57 bits per heavy atom. The predicted octanol–water partition coefficient (Wildman–Crippen LogP) is 5.32. The van der Waals surface area contributed by atoms with Crippen LogP contribution in [0.1, 0.15) is 73.6 Å². The molecule has 2 aliphatic rings. The largest absolute Gasteiger partial charge is 0.479 e. The van der Waals surface area contributed by atoms with Crippen molar-refractivity contribution >= 4 is 52.1 Å². The topological polar surface area (TPSA) is 148 Å². The summed E-state index contributed by atoms with van der Waals surface area (Å²) in [7, 11) is 1.32. The Labute approximate surface area is 278 Å². The van der Waals surface area contributed by atoms with Crippen molar-refractivity contribution in [3.8, 4) is 5.75 Å². The molecule has 2 heterocycles. The van der Waals surface area contributed by atoms with E-state index in [0.29, 0.717) is 61.1 Å². The van der Waals surface area contributed by atoms with Gasteiger partial charge in [0.2, 0.25) is 5.91 Å². The smallest absolute Gasteiger partial charge is 0.407 e. The molecule has 1 aromatic heterocycles. The molecule has 2 aromatic carbocycles. The third kappa shape index (κ3) is 8.17. The summed E-state index contributed by atoms with van der Waals surface area (Å²) in [6, 6.07) is 8.77. The molecule has 12 nitrogen and oxygen atoms in total. The van der Waals surface area contributed by atoms with E-state index in [0.717, 1.165) is 22.0 Å². The first-order valence-corrected chi connectivity index (χ1v) is 16.1. The molecule has 0 bridgehead atoms. The van der Waals surface area contributed by atoms with E-state index in [2.05, 4.69) is 15.6 Å². The average molecular weight is 669 g/mol. The average Bonchev–Trinajstić information content (AvgIpc) is 3.41. The van der Waals surface area contributed by atoms with E-state index in [1.54, 1.807) is 56.9 Å². The maximum atomic E-state index is 13.6. The minimum absolute atomic E-state index is 0.0860. The highest BCUT2D eigenvalue weighted by Crippen LogP contribution is 2.42. The molecule has 5 rings (SSSR count). The number of hydrogen-bond acceptors (Lipinski definition) is 8. The molecule has 1 saturated heterocycles. The number of carbonyl (C=O) groups is 4. The number of benzene rings is 2. The second-order valence-corrected chi connectivity index (χ2v) is 13.2. The van der Waals surface area contributed by atoms with E-state index in [1.807, 2.05) is 6.07 Å². The Bertz CT molecular complexity index is 1670. The summed E-state index contributed by atoms with van der Waals surface area (Å²) in [5.74, 6) is -1.01. The van der Waals surface area contributed by atoms with E-state index in [-0.39, 0.29) is 36.4 Å². The summed E-state index contributed by atoms with van der Waals surface area (Å²) in [5.41, 5.74) is 3.17. The van der Waals surface area contributed by atoms with E-state index in [1.165, 1.54) is 7.11 Å². The number of ether oxygens (including phenoxy) is 4. The van der Waals surface area contributed by atoms with E-state index in [4.69, 9.17) is 30.5 Å². The van der Waals surface area contributed by atoms with Gasteiger partial charge in [-0.1, -0.05) is 17.7 Å². The van der Waals surface area contributed by atoms with E-state index >= 15 is 0 Å². The number of amides is 3. The molecule has 0 saturated carbocycles. The summed E-state index contributed by atoms with van der Waals surface area (Å²) in [4.78, 5) is 56.6. The molecule has 3 N–H and O–H groups in total. The van der Waals surface area contributed by atoms with Crippen LogP contribution in [0.5, 0.6) is 5.75 Å². The number of nitrogens with zero attached hydrogens (tertiary/aromatic N) is 1. The van der Waals surface area contributed by atoms with Crippen molar-refractivity contribution in [2.45, 2.75) is 71.1 Å². The van der Waals surface area contributed by atoms with Gasteiger partial charge < -0.3 is 39.5 Å². The van der Waals surface area contributed by atoms with Crippen molar-refractivity contribution in [1.29, 1.82) is 0 Å². The highest BCUT2D eigenvalue weighted by molar-refractivity contribution is 6.31. The monoisotopic (exact) mass is 668 g/mol. The highest BCUT2D eigenvalue weighted by Gasteiger charge is 2.32. The summed E-state index contributed by atoms with van der Waals surface area (Å²) in [6.45, 7) is 8.96. The van der Waals surface area contributed by atoms with Crippen LogP contribution < -0.4 is 15.4 Å². The van der Waals surface area contributed by atoms with Crippen LogP contribution in [-0.4, -0.2) is 78.9 Å². The Morgan fingerprint density at radius 1 is 1.13 bits per heavy atom. The molecule has 47 heavy (non-hydrogen) atoms. The van der Waals surface area contributed by atoms with Gasteiger partial charge >= 0.3 is 12.1 Å². The fourth-order valence-electron chi connectivity index (χ4n) is 6.03. The first kappa shape index (κ1) is 34.1. The highest BCUT2D eigenvalue weighted by atomic mass is 35.5. The number of carbonyl (C=O) groups excluding carboxylic acids is 4. The Balaban J connectivity index is 1.37. The van der Waals surface area contributed by atoms with Crippen LogP contribution in [0.3, 0.4) is 0 Å². The number of morpholine rings is 1.